The predicted molar refractivity (Wildman–Crippen MR) is 96.8 cm³/mol. The van der Waals surface area contributed by atoms with Crippen molar-refractivity contribution in [2.45, 2.75) is 13.5 Å². The van der Waals surface area contributed by atoms with E-state index in [1.54, 1.807) is 36.4 Å². The minimum atomic E-state index is -0.201. The first-order valence-electron chi connectivity index (χ1n) is 7.67. The largest absolute Gasteiger partial charge is 0.352 e. The maximum Gasteiger partial charge on any atom is 0.251 e. The molecular weight excluding hydrogens is 324 g/mol. The van der Waals surface area contributed by atoms with Crippen LogP contribution >= 0.6 is 11.6 Å². The highest BCUT2D eigenvalue weighted by Gasteiger charge is 2.05. The van der Waals surface area contributed by atoms with Crippen molar-refractivity contribution in [2.75, 3.05) is 6.54 Å². The fourth-order valence-electron chi connectivity index (χ4n) is 2.08. The third-order valence-electron chi connectivity index (χ3n) is 3.29. The van der Waals surface area contributed by atoms with Gasteiger partial charge in [-0.1, -0.05) is 35.9 Å². The number of hydrogen-bond acceptors (Lipinski definition) is 2. The van der Waals surface area contributed by atoms with E-state index >= 15 is 0 Å². The van der Waals surface area contributed by atoms with Gasteiger partial charge in [-0.05, 0) is 48.4 Å². The molecule has 24 heavy (non-hydrogen) atoms. The Hall–Kier alpha value is -2.59. The van der Waals surface area contributed by atoms with Gasteiger partial charge < -0.3 is 10.6 Å². The zero-order valence-corrected chi connectivity index (χ0v) is 14.1. The molecule has 5 heteroatoms. The van der Waals surface area contributed by atoms with Gasteiger partial charge in [0.1, 0.15) is 0 Å². The lowest BCUT2D eigenvalue weighted by atomic mass is 10.1. The monoisotopic (exact) mass is 342 g/mol. The van der Waals surface area contributed by atoms with Crippen molar-refractivity contribution < 1.29 is 9.59 Å². The smallest absolute Gasteiger partial charge is 0.251 e. The van der Waals surface area contributed by atoms with Gasteiger partial charge in [-0.15, -0.1) is 0 Å². The molecule has 0 aliphatic heterocycles. The zero-order valence-electron chi connectivity index (χ0n) is 13.4. The SMILES string of the molecule is CCNC(=O)c1cccc(CNC(=O)C=Cc2ccc(Cl)cc2)c1. The molecule has 2 aromatic carbocycles. The van der Waals surface area contributed by atoms with Crippen molar-refractivity contribution in [3.05, 3.63) is 76.3 Å². The Morgan fingerprint density at radius 3 is 2.54 bits per heavy atom. The van der Waals surface area contributed by atoms with E-state index in [0.717, 1.165) is 11.1 Å². The van der Waals surface area contributed by atoms with Crippen molar-refractivity contribution in [1.82, 2.24) is 10.6 Å². The van der Waals surface area contributed by atoms with E-state index in [-0.39, 0.29) is 11.8 Å². The van der Waals surface area contributed by atoms with Gasteiger partial charge in [-0.25, -0.2) is 0 Å². The zero-order chi connectivity index (χ0) is 17.4. The molecule has 0 aromatic heterocycles. The summed E-state index contributed by atoms with van der Waals surface area (Å²) in [5.41, 5.74) is 2.35. The molecule has 0 bridgehead atoms. The number of nitrogens with one attached hydrogen (secondary N) is 2. The maximum atomic E-state index is 11.9. The van der Waals surface area contributed by atoms with Crippen molar-refractivity contribution in [1.29, 1.82) is 0 Å². The average molecular weight is 343 g/mol. The Morgan fingerprint density at radius 1 is 1.08 bits per heavy atom. The fraction of sp³-hybridized carbons (Fsp3) is 0.158. The molecule has 0 spiro atoms. The Kier molecular flexibility index (Phi) is 6.58. The highest BCUT2D eigenvalue weighted by atomic mass is 35.5. The summed E-state index contributed by atoms with van der Waals surface area (Å²) in [7, 11) is 0. The third kappa shape index (κ3) is 5.56. The van der Waals surface area contributed by atoms with Crippen LogP contribution in [0.2, 0.25) is 5.02 Å². The van der Waals surface area contributed by atoms with Crippen LogP contribution < -0.4 is 10.6 Å². The van der Waals surface area contributed by atoms with Crippen molar-refractivity contribution in [3.8, 4) is 0 Å². The number of hydrogen-bond donors (Lipinski definition) is 2. The van der Waals surface area contributed by atoms with E-state index in [4.69, 9.17) is 11.6 Å². The highest BCUT2D eigenvalue weighted by molar-refractivity contribution is 6.30. The summed E-state index contributed by atoms with van der Waals surface area (Å²) in [5.74, 6) is -0.318. The molecule has 2 aromatic rings. The molecule has 0 fully saturated rings. The van der Waals surface area contributed by atoms with Gasteiger partial charge in [0, 0.05) is 29.8 Å². The molecule has 0 atom stereocenters. The molecule has 0 aliphatic carbocycles. The first-order valence-corrected chi connectivity index (χ1v) is 8.05. The topological polar surface area (TPSA) is 58.2 Å². The van der Waals surface area contributed by atoms with E-state index < -0.39 is 0 Å². The average Bonchev–Trinajstić information content (AvgIpc) is 2.60. The predicted octanol–water partition coefficient (Wildman–Crippen LogP) is 3.42. The molecule has 4 nitrogen and oxygen atoms in total. The van der Waals surface area contributed by atoms with Gasteiger partial charge in [0.15, 0.2) is 0 Å². The third-order valence-corrected chi connectivity index (χ3v) is 3.54. The molecule has 0 aliphatic rings. The van der Waals surface area contributed by atoms with Crippen LogP contribution in [-0.4, -0.2) is 18.4 Å². The lowest BCUT2D eigenvalue weighted by Crippen LogP contribution is -2.23. The number of benzene rings is 2. The Labute approximate surface area is 146 Å². The van der Waals surface area contributed by atoms with E-state index in [9.17, 15) is 9.59 Å². The number of rotatable bonds is 6. The van der Waals surface area contributed by atoms with Crippen LogP contribution in [0.25, 0.3) is 6.08 Å². The van der Waals surface area contributed by atoms with Crippen LogP contribution in [0.1, 0.15) is 28.4 Å². The van der Waals surface area contributed by atoms with Crippen LogP contribution in [0.3, 0.4) is 0 Å². The number of carbonyl (C=O) groups is 2. The maximum absolute atomic E-state index is 11.9. The standard InChI is InChI=1S/C19H19ClN2O2/c1-2-21-19(24)16-5-3-4-15(12-16)13-22-18(23)11-8-14-6-9-17(20)10-7-14/h3-12H,2,13H2,1H3,(H,21,24)(H,22,23). The summed E-state index contributed by atoms with van der Waals surface area (Å²) in [4.78, 5) is 23.7. The van der Waals surface area contributed by atoms with Gasteiger partial charge >= 0.3 is 0 Å². The Bertz CT molecular complexity index is 739. The highest BCUT2D eigenvalue weighted by Crippen LogP contribution is 2.10. The molecule has 0 heterocycles. The van der Waals surface area contributed by atoms with E-state index in [1.807, 2.05) is 25.1 Å². The lowest BCUT2D eigenvalue weighted by Gasteiger charge is -2.06. The van der Waals surface area contributed by atoms with Crippen LogP contribution in [0, 0.1) is 0 Å². The van der Waals surface area contributed by atoms with Gasteiger partial charge in [0.25, 0.3) is 5.91 Å². The summed E-state index contributed by atoms with van der Waals surface area (Å²) < 4.78 is 0. The molecule has 2 N–H and O–H groups in total. The fourth-order valence-corrected chi connectivity index (χ4v) is 2.21. The van der Waals surface area contributed by atoms with Gasteiger partial charge in [-0.2, -0.15) is 0 Å². The molecule has 2 amide bonds. The van der Waals surface area contributed by atoms with Crippen LogP contribution in [0.5, 0.6) is 0 Å². The second-order valence-corrected chi connectivity index (χ2v) is 5.60. The summed E-state index contributed by atoms with van der Waals surface area (Å²) in [6, 6.07) is 14.4. The van der Waals surface area contributed by atoms with E-state index in [0.29, 0.717) is 23.7 Å². The molecule has 0 saturated heterocycles. The number of amides is 2. The van der Waals surface area contributed by atoms with Gasteiger partial charge in [-0.3, -0.25) is 9.59 Å². The van der Waals surface area contributed by atoms with Crippen LogP contribution in [-0.2, 0) is 11.3 Å². The number of halogens is 1. The Balaban J connectivity index is 1.90. The van der Waals surface area contributed by atoms with Crippen molar-refractivity contribution in [2.24, 2.45) is 0 Å². The van der Waals surface area contributed by atoms with E-state index in [1.165, 1.54) is 6.08 Å². The minimum Gasteiger partial charge on any atom is -0.352 e. The Morgan fingerprint density at radius 2 is 1.83 bits per heavy atom. The van der Waals surface area contributed by atoms with Crippen LogP contribution in [0.4, 0.5) is 0 Å². The summed E-state index contributed by atoms with van der Waals surface area (Å²) in [5, 5.41) is 6.20. The number of carbonyl (C=O) groups excluding carboxylic acids is 2. The van der Waals surface area contributed by atoms with Gasteiger partial charge in [0.2, 0.25) is 5.91 Å². The molecular formula is C19H19ClN2O2. The normalized spacial score (nSPS) is 10.6. The second-order valence-electron chi connectivity index (χ2n) is 5.16. The van der Waals surface area contributed by atoms with Crippen molar-refractivity contribution >= 4 is 29.5 Å². The quantitative estimate of drug-likeness (QED) is 0.790. The summed E-state index contributed by atoms with van der Waals surface area (Å²) >= 11 is 5.81. The summed E-state index contributed by atoms with van der Waals surface area (Å²) in [6.07, 6.45) is 3.19. The first-order chi connectivity index (χ1) is 11.6. The molecule has 0 radical (unpaired) electrons. The molecule has 0 saturated carbocycles. The molecule has 2 rings (SSSR count). The first kappa shape index (κ1) is 17.8. The summed E-state index contributed by atoms with van der Waals surface area (Å²) in [6.45, 7) is 2.81. The van der Waals surface area contributed by atoms with Gasteiger partial charge in [0.05, 0.1) is 0 Å². The van der Waals surface area contributed by atoms with Crippen LogP contribution in [0.15, 0.2) is 54.6 Å². The molecule has 0 unspecified atom stereocenters. The molecule has 124 valence electrons. The van der Waals surface area contributed by atoms with E-state index in [2.05, 4.69) is 10.6 Å². The second kappa shape index (κ2) is 8.89. The van der Waals surface area contributed by atoms with Crippen molar-refractivity contribution in [3.63, 3.8) is 0 Å². The minimum absolute atomic E-state index is 0.117. The lowest BCUT2D eigenvalue weighted by molar-refractivity contribution is -0.116.